The van der Waals surface area contributed by atoms with Gasteiger partial charge in [-0.25, -0.2) is 4.79 Å². The van der Waals surface area contributed by atoms with Crippen LogP contribution in [0.2, 0.25) is 0 Å². The number of benzene rings is 1. The summed E-state index contributed by atoms with van der Waals surface area (Å²) in [5, 5.41) is 8.99. The Morgan fingerprint density at radius 1 is 1.53 bits per heavy atom. The molecule has 1 aromatic rings. The molecule has 1 aliphatic heterocycles. The Kier molecular flexibility index (Phi) is 2.37. The Hall–Kier alpha value is -1.91. The lowest BCUT2D eigenvalue weighted by Crippen LogP contribution is -2.28. The molecular weight excluding hydrogens is 198 g/mol. The third kappa shape index (κ3) is 1.56. The summed E-state index contributed by atoms with van der Waals surface area (Å²) in [6.45, 7) is 2.28. The fourth-order valence-electron chi connectivity index (χ4n) is 1.54. The predicted molar refractivity (Wildman–Crippen MR) is 53.6 cm³/mol. The van der Waals surface area contributed by atoms with Crippen LogP contribution < -0.4 is 14.4 Å². The van der Waals surface area contributed by atoms with Gasteiger partial charge in [-0.05, 0) is 19.1 Å². The molecule has 1 amide bonds. The molecule has 80 valence electrons. The second-order valence-corrected chi connectivity index (χ2v) is 3.04. The Balaban J connectivity index is 2.43. The lowest BCUT2D eigenvalue weighted by atomic mass is 10.2. The minimum atomic E-state index is -0.999. The van der Waals surface area contributed by atoms with E-state index in [4.69, 9.17) is 14.6 Å². The molecule has 0 aromatic heterocycles. The number of para-hydroxylation sites is 1. The highest BCUT2D eigenvalue weighted by atomic mass is 16.7. The van der Waals surface area contributed by atoms with Crippen LogP contribution in [0.3, 0.4) is 0 Å². The van der Waals surface area contributed by atoms with Gasteiger partial charge >= 0.3 is 6.09 Å². The first-order valence-corrected chi connectivity index (χ1v) is 4.63. The molecule has 0 fully saturated rings. The molecule has 0 unspecified atom stereocenters. The molecule has 1 aromatic carbocycles. The zero-order valence-electron chi connectivity index (χ0n) is 8.27. The van der Waals surface area contributed by atoms with Crippen molar-refractivity contribution >= 4 is 11.8 Å². The van der Waals surface area contributed by atoms with Gasteiger partial charge in [0, 0.05) is 6.54 Å². The molecule has 0 spiro atoms. The second-order valence-electron chi connectivity index (χ2n) is 3.04. The zero-order chi connectivity index (χ0) is 10.8. The quantitative estimate of drug-likeness (QED) is 0.808. The van der Waals surface area contributed by atoms with Gasteiger partial charge in [0.15, 0.2) is 11.5 Å². The summed E-state index contributed by atoms with van der Waals surface area (Å²) in [5.74, 6) is 1.09. The second kappa shape index (κ2) is 3.68. The van der Waals surface area contributed by atoms with E-state index in [1.807, 2.05) is 0 Å². The molecule has 1 N–H and O–H groups in total. The van der Waals surface area contributed by atoms with E-state index in [1.54, 1.807) is 25.1 Å². The third-order valence-electron chi connectivity index (χ3n) is 2.21. The van der Waals surface area contributed by atoms with Crippen LogP contribution in [0.5, 0.6) is 11.5 Å². The third-order valence-corrected chi connectivity index (χ3v) is 2.21. The Morgan fingerprint density at radius 2 is 2.33 bits per heavy atom. The van der Waals surface area contributed by atoms with Crippen LogP contribution in [0.25, 0.3) is 0 Å². The summed E-state index contributed by atoms with van der Waals surface area (Å²) in [5.41, 5.74) is 0.528. The van der Waals surface area contributed by atoms with Gasteiger partial charge in [-0.3, -0.25) is 4.90 Å². The molecule has 15 heavy (non-hydrogen) atoms. The van der Waals surface area contributed by atoms with Crippen molar-refractivity contribution in [3.05, 3.63) is 18.2 Å². The van der Waals surface area contributed by atoms with Crippen LogP contribution in [-0.2, 0) is 0 Å². The van der Waals surface area contributed by atoms with E-state index in [0.29, 0.717) is 23.7 Å². The summed E-state index contributed by atoms with van der Waals surface area (Å²) in [6.07, 6.45) is -0.999. The monoisotopic (exact) mass is 209 g/mol. The van der Waals surface area contributed by atoms with Crippen molar-refractivity contribution < 1.29 is 19.4 Å². The predicted octanol–water partition coefficient (Wildman–Crippen LogP) is 1.92. The highest BCUT2D eigenvalue weighted by molar-refractivity contribution is 5.89. The van der Waals surface area contributed by atoms with Crippen molar-refractivity contribution in [2.45, 2.75) is 6.92 Å². The maximum Gasteiger partial charge on any atom is 0.411 e. The van der Waals surface area contributed by atoms with Crippen LogP contribution in [0.4, 0.5) is 10.5 Å². The fraction of sp³-hybridized carbons (Fsp3) is 0.300. The van der Waals surface area contributed by atoms with Gasteiger partial charge in [-0.15, -0.1) is 0 Å². The van der Waals surface area contributed by atoms with Gasteiger partial charge in [0.1, 0.15) is 0 Å². The number of rotatable bonds is 2. The normalized spacial score (nSPS) is 12.6. The van der Waals surface area contributed by atoms with Gasteiger partial charge in [-0.1, -0.05) is 6.07 Å². The van der Waals surface area contributed by atoms with Gasteiger partial charge in [0.25, 0.3) is 0 Å². The smallest absolute Gasteiger partial charge is 0.411 e. The lowest BCUT2D eigenvalue weighted by Gasteiger charge is -2.18. The summed E-state index contributed by atoms with van der Waals surface area (Å²) >= 11 is 0. The number of amides is 1. The summed E-state index contributed by atoms with van der Waals surface area (Å²) in [6, 6.07) is 5.20. The SMILES string of the molecule is CCN(C(=O)O)c1cccc2c1OCO2. The number of fused-ring (bicyclic) bond motifs is 1. The Morgan fingerprint density at radius 3 is 3.00 bits per heavy atom. The van der Waals surface area contributed by atoms with Crippen molar-refractivity contribution in [1.82, 2.24) is 0 Å². The van der Waals surface area contributed by atoms with Gasteiger partial charge in [0.2, 0.25) is 6.79 Å². The molecule has 5 nitrogen and oxygen atoms in total. The van der Waals surface area contributed by atoms with Crippen LogP contribution in [0.1, 0.15) is 6.92 Å². The topological polar surface area (TPSA) is 59.0 Å². The number of carboxylic acid groups (broad SMARTS) is 1. The standard InChI is InChI=1S/C10H11NO4/c1-2-11(10(12)13)7-4-3-5-8-9(7)15-6-14-8/h3-5H,2,6H2,1H3,(H,12,13). The van der Waals surface area contributed by atoms with E-state index in [-0.39, 0.29) is 6.79 Å². The highest BCUT2D eigenvalue weighted by Gasteiger charge is 2.23. The van der Waals surface area contributed by atoms with Crippen molar-refractivity contribution in [3.8, 4) is 11.5 Å². The molecule has 0 saturated heterocycles. The number of hydrogen-bond acceptors (Lipinski definition) is 3. The van der Waals surface area contributed by atoms with Gasteiger partial charge < -0.3 is 14.6 Å². The minimum absolute atomic E-state index is 0.142. The number of hydrogen-bond donors (Lipinski definition) is 1. The zero-order valence-corrected chi connectivity index (χ0v) is 8.27. The molecular formula is C10H11NO4. The Labute approximate surface area is 86.8 Å². The summed E-state index contributed by atoms with van der Waals surface area (Å²) in [4.78, 5) is 12.2. The molecule has 1 heterocycles. The van der Waals surface area contributed by atoms with Gasteiger partial charge in [0.05, 0.1) is 5.69 Å². The molecule has 2 rings (SSSR count). The number of anilines is 1. The maximum absolute atomic E-state index is 11.0. The summed E-state index contributed by atoms with van der Waals surface area (Å²) < 4.78 is 10.4. The van der Waals surface area contributed by atoms with Crippen LogP contribution in [0, 0.1) is 0 Å². The molecule has 1 aliphatic rings. The average molecular weight is 209 g/mol. The van der Waals surface area contributed by atoms with Crippen LogP contribution >= 0.6 is 0 Å². The van der Waals surface area contributed by atoms with Gasteiger partial charge in [-0.2, -0.15) is 0 Å². The van der Waals surface area contributed by atoms with E-state index < -0.39 is 6.09 Å². The molecule has 5 heteroatoms. The number of nitrogens with zero attached hydrogens (tertiary/aromatic N) is 1. The minimum Gasteiger partial charge on any atom is -0.465 e. The van der Waals surface area contributed by atoms with E-state index in [2.05, 4.69) is 0 Å². The number of ether oxygens (including phenoxy) is 2. The van der Waals surface area contributed by atoms with E-state index in [1.165, 1.54) is 4.90 Å². The molecule has 0 radical (unpaired) electrons. The first kappa shape index (κ1) is 9.64. The molecule has 0 saturated carbocycles. The average Bonchev–Trinajstić information content (AvgIpc) is 2.66. The van der Waals surface area contributed by atoms with Crippen molar-refractivity contribution in [2.24, 2.45) is 0 Å². The summed E-state index contributed by atoms with van der Waals surface area (Å²) in [7, 11) is 0. The van der Waals surface area contributed by atoms with E-state index in [9.17, 15) is 4.79 Å². The fourth-order valence-corrected chi connectivity index (χ4v) is 1.54. The van der Waals surface area contributed by atoms with Crippen LogP contribution in [-0.4, -0.2) is 24.5 Å². The Bertz CT molecular complexity index is 391. The maximum atomic E-state index is 11.0. The highest BCUT2D eigenvalue weighted by Crippen LogP contribution is 2.40. The molecule has 0 atom stereocenters. The van der Waals surface area contributed by atoms with E-state index >= 15 is 0 Å². The molecule has 0 bridgehead atoms. The van der Waals surface area contributed by atoms with Crippen molar-refractivity contribution in [1.29, 1.82) is 0 Å². The number of carbonyl (C=O) groups is 1. The van der Waals surface area contributed by atoms with Crippen molar-refractivity contribution in [3.63, 3.8) is 0 Å². The van der Waals surface area contributed by atoms with Crippen molar-refractivity contribution in [2.75, 3.05) is 18.2 Å². The molecule has 0 aliphatic carbocycles. The lowest BCUT2D eigenvalue weighted by molar-refractivity contribution is 0.173. The first-order valence-electron chi connectivity index (χ1n) is 4.63. The first-order chi connectivity index (χ1) is 7.24. The van der Waals surface area contributed by atoms with E-state index in [0.717, 1.165) is 0 Å². The van der Waals surface area contributed by atoms with Crippen LogP contribution in [0.15, 0.2) is 18.2 Å². The largest absolute Gasteiger partial charge is 0.465 e.